The summed E-state index contributed by atoms with van der Waals surface area (Å²) in [5.41, 5.74) is -0.365. The van der Waals surface area contributed by atoms with Gasteiger partial charge in [-0.1, -0.05) is 13.8 Å². The second kappa shape index (κ2) is 4.04. The first-order chi connectivity index (χ1) is 4.83. The summed E-state index contributed by atoms with van der Waals surface area (Å²) in [6, 6.07) is 0. The van der Waals surface area contributed by atoms with E-state index >= 15 is 0 Å². The van der Waals surface area contributed by atoms with E-state index in [1.807, 2.05) is 34.6 Å². The smallest absolute Gasteiger partial charge is 0.191 e. The Morgan fingerprint density at radius 3 is 1.91 bits per heavy atom. The van der Waals surface area contributed by atoms with Crippen LogP contribution in [0.25, 0.3) is 0 Å². The first-order valence-corrected chi connectivity index (χ1v) is 3.85. The molecule has 0 fully saturated rings. The molecule has 68 valence electrons. The quantitative estimate of drug-likeness (QED) is 0.390. The molecular formula is C8H18O3. The molecule has 0 bridgehead atoms. The van der Waals surface area contributed by atoms with Crippen molar-refractivity contribution in [3.8, 4) is 0 Å². The maximum absolute atomic E-state index is 9.14. The van der Waals surface area contributed by atoms with Gasteiger partial charge in [0.05, 0.1) is 5.60 Å². The highest BCUT2D eigenvalue weighted by Gasteiger charge is 2.16. The molecule has 3 heteroatoms. The molecule has 0 amide bonds. The molecule has 1 unspecified atom stereocenters. The minimum atomic E-state index is -0.839. The Bertz CT molecular complexity index is 104. The lowest BCUT2D eigenvalue weighted by Crippen LogP contribution is -2.26. The molecule has 0 heterocycles. The molecule has 0 aliphatic rings. The van der Waals surface area contributed by atoms with Crippen molar-refractivity contribution in [2.45, 2.75) is 46.5 Å². The van der Waals surface area contributed by atoms with E-state index in [9.17, 15) is 0 Å². The molecular weight excluding hydrogens is 144 g/mol. The zero-order valence-electron chi connectivity index (χ0n) is 7.92. The molecule has 0 saturated heterocycles. The Kier molecular flexibility index (Phi) is 4.00. The van der Waals surface area contributed by atoms with Crippen LogP contribution in [0.1, 0.15) is 34.6 Å². The molecule has 0 spiro atoms. The molecule has 1 atom stereocenters. The summed E-state index contributed by atoms with van der Waals surface area (Å²) in [6.07, 6.45) is -0.839. The second-order valence-corrected chi connectivity index (χ2v) is 3.93. The van der Waals surface area contributed by atoms with Crippen LogP contribution in [0, 0.1) is 5.92 Å². The fourth-order valence-electron chi connectivity index (χ4n) is 0.305. The topological polar surface area (TPSA) is 38.7 Å². The molecule has 3 nitrogen and oxygen atoms in total. The molecule has 0 saturated carbocycles. The number of rotatable bonds is 3. The van der Waals surface area contributed by atoms with Gasteiger partial charge in [0.2, 0.25) is 0 Å². The normalized spacial score (nSPS) is 15.5. The number of hydrogen-bond donors (Lipinski definition) is 1. The van der Waals surface area contributed by atoms with Crippen LogP contribution in [0.5, 0.6) is 0 Å². The van der Waals surface area contributed by atoms with Gasteiger partial charge in [-0.15, -0.1) is 0 Å². The molecule has 0 aromatic rings. The van der Waals surface area contributed by atoms with E-state index in [2.05, 4.69) is 0 Å². The monoisotopic (exact) mass is 162 g/mol. The van der Waals surface area contributed by atoms with Crippen molar-refractivity contribution in [3.05, 3.63) is 0 Å². The van der Waals surface area contributed by atoms with Crippen LogP contribution in [0.3, 0.4) is 0 Å². The van der Waals surface area contributed by atoms with Crippen molar-refractivity contribution >= 4 is 0 Å². The average Bonchev–Trinajstić information content (AvgIpc) is 1.80. The molecule has 1 N–H and O–H groups in total. The summed E-state index contributed by atoms with van der Waals surface area (Å²) in [5.74, 6) is 0.0531. The largest absolute Gasteiger partial charge is 0.365 e. The molecule has 0 radical (unpaired) electrons. The van der Waals surface area contributed by atoms with E-state index in [-0.39, 0.29) is 11.5 Å². The summed E-state index contributed by atoms with van der Waals surface area (Å²) in [7, 11) is 0. The Balaban J connectivity index is 3.54. The zero-order chi connectivity index (χ0) is 9.07. The van der Waals surface area contributed by atoms with Crippen LogP contribution in [-0.4, -0.2) is 17.0 Å². The summed E-state index contributed by atoms with van der Waals surface area (Å²) in [4.78, 5) is 9.63. The minimum Gasteiger partial charge on any atom is -0.365 e. The van der Waals surface area contributed by atoms with E-state index in [1.165, 1.54) is 0 Å². The van der Waals surface area contributed by atoms with Crippen molar-refractivity contribution < 1.29 is 14.9 Å². The van der Waals surface area contributed by atoms with E-state index in [0.717, 1.165) is 0 Å². The average molecular weight is 162 g/mol. The van der Waals surface area contributed by atoms with E-state index in [1.54, 1.807) is 0 Å². The molecule has 0 rings (SSSR count). The van der Waals surface area contributed by atoms with Gasteiger partial charge in [-0.2, -0.15) is 0 Å². The van der Waals surface area contributed by atoms with Gasteiger partial charge in [-0.3, -0.25) is 0 Å². The lowest BCUT2D eigenvalue weighted by molar-refractivity contribution is -0.416. The SMILES string of the molecule is CC(C)C(O)OOC(C)(C)C. The fraction of sp³-hybridized carbons (Fsp3) is 1.00. The van der Waals surface area contributed by atoms with Gasteiger partial charge in [-0.05, 0) is 20.8 Å². The number of hydrogen-bond acceptors (Lipinski definition) is 3. The van der Waals surface area contributed by atoms with Crippen molar-refractivity contribution in [1.29, 1.82) is 0 Å². The number of aliphatic hydroxyl groups excluding tert-OH is 1. The van der Waals surface area contributed by atoms with E-state index < -0.39 is 6.29 Å². The van der Waals surface area contributed by atoms with Gasteiger partial charge in [0.15, 0.2) is 6.29 Å². The number of aliphatic hydroxyl groups is 1. The Morgan fingerprint density at radius 1 is 1.18 bits per heavy atom. The summed E-state index contributed by atoms with van der Waals surface area (Å²) >= 11 is 0. The van der Waals surface area contributed by atoms with E-state index in [0.29, 0.717) is 0 Å². The van der Waals surface area contributed by atoms with Crippen molar-refractivity contribution in [1.82, 2.24) is 0 Å². The predicted molar refractivity (Wildman–Crippen MR) is 42.8 cm³/mol. The van der Waals surface area contributed by atoms with Crippen LogP contribution in [-0.2, 0) is 9.78 Å². The van der Waals surface area contributed by atoms with Gasteiger partial charge in [-0.25, -0.2) is 9.78 Å². The maximum atomic E-state index is 9.14. The highest BCUT2D eigenvalue weighted by molar-refractivity contribution is 4.55. The fourth-order valence-corrected chi connectivity index (χ4v) is 0.305. The van der Waals surface area contributed by atoms with Gasteiger partial charge >= 0.3 is 0 Å². The molecule has 0 aliphatic heterocycles. The standard InChI is InChI=1S/C8H18O3/c1-6(2)7(9)10-11-8(3,4)5/h6-7,9H,1-5H3. The molecule has 0 aromatic heterocycles. The third-order valence-electron chi connectivity index (χ3n) is 0.967. The van der Waals surface area contributed by atoms with Crippen LogP contribution in [0.2, 0.25) is 0 Å². The predicted octanol–water partition coefficient (Wildman–Crippen LogP) is 1.71. The first kappa shape index (κ1) is 10.9. The summed E-state index contributed by atoms with van der Waals surface area (Å²) < 4.78 is 0. The third kappa shape index (κ3) is 6.28. The highest BCUT2D eigenvalue weighted by Crippen LogP contribution is 2.11. The molecule has 0 aromatic carbocycles. The van der Waals surface area contributed by atoms with Crippen LogP contribution in [0.4, 0.5) is 0 Å². The van der Waals surface area contributed by atoms with Crippen LogP contribution < -0.4 is 0 Å². The first-order valence-electron chi connectivity index (χ1n) is 3.85. The van der Waals surface area contributed by atoms with Gasteiger partial charge in [0.25, 0.3) is 0 Å². The second-order valence-electron chi connectivity index (χ2n) is 3.93. The third-order valence-corrected chi connectivity index (χ3v) is 0.967. The maximum Gasteiger partial charge on any atom is 0.191 e. The Morgan fingerprint density at radius 2 is 1.64 bits per heavy atom. The van der Waals surface area contributed by atoms with Crippen LogP contribution >= 0.6 is 0 Å². The Labute approximate surface area is 68.2 Å². The van der Waals surface area contributed by atoms with Crippen molar-refractivity contribution in [3.63, 3.8) is 0 Å². The van der Waals surface area contributed by atoms with Gasteiger partial charge in [0.1, 0.15) is 0 Å². The Hall–Kier alpha value is -0.120. The molecule has 0 aliphatic carbocycles. The summed E-state index contributed by atoms with van der Waals surface area (Å²) in [5, 5.41) is 9.14. The van der Waals surface area contributed by atoms with E-state index in [4.69, 9.17) is 14.9 Å². The van der Waals surface area contributed by atoms with Crippen molar-refractivity contribution in [2.24, 2.45) is 5.92 Å². The molecule has 11 heavy (non-hydrogen) atoms. The lowest BCUT2D eigenvalue weighted by atomic mass is 10.2. The van der Waals surface area contributed by atoms with Gasteiger partial charge in [0, 0.05) is 5.92 Å². The minimum absolute atomic E-state index is 0.0531. The highest BCUT2D eigenvalue weighted by atomic mass is 17.2. The van der Waals surface area contributed by atoms with Gasteiger partial charge < -0.3 is 5.11 Å². The summed E-state index contributed by atoms with van der Waals surface area (Å²) in [6.45, 7) is 9.30. The lowest BCUT2D eigenvalue weighted by Gasteiger charge is -2.21. The van der Waals surface area contributed by atoms with Crippen molar-refractivity contribution in [2.75, 3.05) is 0 Å². The van der Waals surface area contributed by atoms with Crippen LogP contribution in [0.15, 0.2) is 0 Å². The zero-order valence-corrected chi connectivity index (χ0v) is 7.92.